The minimum absolute atomic E-state index is 0.338. The molecular weight excluding hydrogens is 365 g/mol. The van der Waals surface area contributed by atoms with Crippen molar-refractivity contribution in [3.8, 4) is 0 Å². The molecule has 5 heteroatoms. The molecule has 2 nitrogen and oxygen atoms in total. The summed E-state index contributed by atoms with van der Waals surface area (Å²) in [6.45, 7) is 4.69. The first-order chi connectivity index (χ1) is 13.3. The highest BCUT2D eigenvalue weighted by Crippen LogP contribution is 2.33. The molecule has 2 rings (SSSR count). The first-order valence-corrected chi connectivity index (χ1v) is 10.1. The number of esters is 1. The summed E-state index contributed by atoms with van der Waals surface area (Å²) in [6.07, 6.45) is 5.83. The predicted molar refractivity (Wildman–Crippen MR) is 106 cm³/mol. The Kier molecular flexibility index (Phi) is 8.34. The standard InChI is InChI=1S/C23H29F3O2/c1-3-5-7-17(4-2)16-28-22(27)15-18-8-6-9-20(14-18)19-10-12-21(13-11-19)23(24,25)26/h10-15,17H,3-9,16H2,1-2H3. The molecular formula is C23H29F3O2. The first kappa shape index (κ1) is 22.3. The van der Waals surface area contributed by atoms with Crippen LogP contribution in [0.5, 0.6) is 0 Å². The number of carbonyl (C=O) groups excluding carboxylic acids is 1. The van der Waals surface area contributed by atoms with Crippen molar-refractivity contribution in [3.63, 3.8) is 0 Å². The Bertz CT molecular complexity index is 700. The third kappa shape index (κ3) is 6.84. The second-order valence-corrected chi connectivity index (χ2v) is 7.36. The number of unbranched alkanes of at least 4 members (excludes halogenated alkanes) is 1. The van der Waals surface area contributed by atoms with Crippen molar-refractivity contribution in [3.05, 3.63) is 53.1 Å². The third-order valence-corrected chi connectivity index (χ3v) is 5.16. The van der Waals surface area contributed by atoms with Crippen LogP contribution in [0, 0.1) is 5.92 Å². The van der Waals surface area contributed by atoms with Gasteiger partial charge in [-0.05, 0) is 60.4 Å². The molecule has 0 N–H and O–H groups in total. The number of carbonyl (C=O) groups is 1. The van der Waals surface area contributed by atoms with E-state index in [1.54, 1.807) is 0 Å². The van der Waals surface area contributed by atoms with Gasteiger partial charge in [0.25, 0.3) is 0 Å². The Morgan fingerprint density at radius 3 is 2.50 bits per heavy atom. The summed E-state index contributed by atoms with van der Waals surface area (Å²) >= 11 is 0. The molecule has 0 heterocycles. The monoisotopic (exact) mass is 394 g/mol. The van der Waals surface area contributed by atoms with Gasteiger partial charge in [0, 0.05) is 6.08 Å². The Morgan fingerprint density at radius 2 is 1.89 bits per heavy atom. The summed E-state index contributed by atoms with van der Waals surface area (Å²) in [5, 5.41) is 0. The maximum atomic E-state index is 12.7. The van der Waals surface area contributed by atoms with E-state index in [1.807, 2.05) is 6.08 Å². The van der Waals surface area contributed by atoms with E-state index >= 15 is 0 Å². The number of benzene rings is 1. The van der Waals surface area contributed by atoms with Gasteiger partial charge in [0.2, 0.25) is 0 Å². The second-order valence-electron chi connectivity index (χ2n) is 7.36. The molecule has 0 aromatic heterocycles. The summed E-state index contributed by atoms with van der Waals surface area (Å²) in [7, 11) is 0. The average molecular weight is 394 g/mol. The molecule has 28 heavy (non-hydrogen) atoms. The van der Waals surface area contributed by atoms with Crippen LogP contribution in [0.4, 0.5) is 13.2 Å². The molecule has 154 valence electrons. The van der Waals surface area contributed by atoms with Gasteiger partial charge in [-0.3, -0.25) is 0 Å². The SMILES string of the molecule is CCCCC(CC)COC(=O)C=C1C=C(c2ccc(C(F)(F)F)cc2)CCC1. The molecule has 0 saturated heterocycles. The van der Waals surface area contributed by atoms with Crippen molar-refractivity contribution in [2.24, 2.45) is 5.92 Å². The largest absolute Gasteiger partial charge is 0.462 e. The third-order valence-electron chi connectivity index (χ3n) is 5.16. The maximum Gasteiger partial charge on any atom is 0.416 e. The van der Waals surface area contributed by atoms with Crippen LogP contribution >= 0.6 is 0 Å². The summed E-state index contributed by atoms with van der Waals surface area (Å²) in [5.74, 6) is 0.0572. The lowest BCUT2D eigenvalue weighted by atomic mass is 9.90. The lowest BCUT2D eigenvalue weighted by molar-refractivity contribution is -0.139. The van der Waals surface area contributed by atoms with E-state index in [2.05, 4.69) is 13.8 Å². The zero-order valence-corrected chi connectivity index (χ0v) is 16.6. The van der Waals surface area contributed by atoms with Crippen molar-refractivity contribution in [2.75, 3.05) is 6.61 Å². The first-order valence-electron chi connectivity index (χ1n) is 10.1. The molecule has 1 unspecified atom stereocenters. The van der Waals surface area contributed by atoms with E-state index in [0.717, 1.165) is 73.8 Å². The molecule has 1 aliphatic carbocycles. The molecule has 1 aromatic rings. The molecule has 1 aromatic carbocycles. The molecule has 0 fully saturated rings. The van der Waals surface area contributed by atoms with Crippen LogP contribution in [-0.4, -0.2) is 12.6 Å². The van der Waals surface area contributed by atoms with E-state index in [4.69, 9.17) is 4.74 Å². The summed E-state index contributed by atoms with van der Waals surface area (Å²) in [5.41, 5.74) is 1.93. The van der Waals surface area contributed by atoms with Crippen LogP contribution < -0.4 is 0 Å². The van der Waals surface area contributed by atoms with Gasteiger partial charge in [0.05, 0.1) is 12.2 Å². The van der Waals surface area contributed by atoms with E-state index in [0.29, 0.717) is 12.5 Å². The fourth-order valence-corrected chi connectivity index (χ4v) is 3.36. The van der Waals surface area contributed by atoms with Gasteiger partial charge in [-0.15, -0.1) is 0 Å². The molecule has 1 atom stereocenters. The van der Waals surface area contributed by atoms with Crippen LogP contribution in [0.15, 0.2) is 42.0 Å². The van der Waals surface area contributed by atoms with Crippen molar-refractivity contribution in [1.29, 1.82) is 0 Å². The number of alkyl halides is 3. The van der Waals surface area contributed by atoms with E-state index in [1.165, 1.54) is 18.2 Å². The molecule has 0 radical (unpaired) electrons. The topological polar surface area (TPSA) is 26.3 Å². The van der Waals surface area contributed by atoms with Gasteiger partial charge < -0.3 is 4.74 Å². The quantitative estimate of drug-likeness (QED) is 0.352. The van der Waals surface area contributed by atoms with Gasteiger partial charge in [-0.25, -0.2) is 4.79 Å². The van der Waals surface area contributed by atoms with Gasteiger partial charge in [0.1, 0.15) is 0 Å². The molecule has 0 saturated carbocycles. The van der Waals surface area contributed by atoms with Crippen LogP contribution in [0.25, 0.3) is 5.57 Å². The maximum absolute atomic E-state index is 12.7. The van der Waals surface area contributed by atoms with Gasteiger partial charge in [-0.2, -0.15) is 13.2 Å². The number of hydrogen-bond acceptors (Lipinski definition) is 2. The molecule has 0 spiro atoms. The van der Waals surface area contributed by atoms with Crippen molar-refractivity contribution >= 4 is 11.5 Å². The lowest BCUT2D eigenvalue weighted by Gasteiger charge is -2.17. The zero-order chi connectivity index (χ0) is 20.6. The second kappa shape index (κ2) is 10.5. The normalized spacial score (nSPS) is 17.3. The Morgan fingerprint density at radius 1 is 1.18 bits per heavy atom. The highest BCUT2D eigenvalue weighted by molar-refractivity contribution is 5.84. The molecule has 0 amide bonds. The molecule has 0 aliphatic heterocycles. The number of allylic oxidation sites excluding steroid dienone is 3. The summed E-state index contributed by atoms with van der Waals surface area (Å²) < 4.78 is 43.6. The van der Waals surface area contributed by atoms with Crippen molar-refractivity contribution < 1.29 is 22.7 Å². The minimum atomic E-state index is -4.33. The van der Waals surface area contributed by atoms with Crippen LogP contribution in [0.2, 0.25) is 0 Å². The minimum Gasteiger partial charge on any atom is -0.462 e. The summed E-state index contributed by atoms with van der Waals surface area (Å²) in [6, 6.07) is 5.19. The van der Waals surface area contributed by atoms with E-state index in [-0.39, 0.29) is 5.97 Å². The van der Waals surface area contributed by atoms with Gasteiger partial charge in [-0.1, -0.05) is 51.3 Å². The predicted octanol–water partition coefficient (Wildman–Crippen LogP) is 6.96. The fraction of sp³-hybridized carbons (Fsp3) is 0.522. The highest BCUT2D eigenvalue weighted by atomic mass is 19.4. The van der Waals surface area contributed by atoms with E-state index < -0.39 is 11.7 Å². The Labute approximate surface area is 165 Å². The lowest BCUT2D eigenvalue weighted by Crippen LogP contribution is -2.13. The molecule has 0 bridgehead atoms. The Balaban J connectivity index is 2.01. The number of ether oxygens (including phenoxy) is 1. The fourth-order valence-electron chi connectivity index (χ4n) is 3.36. The summed E-state index contributed by atoms with van der Waals surface area (Å²) in [4.78, 5) is 12.2. The average Bonchev–Trinajstić information content (AvgIpc) is 2.68. The smallest absolute Gasteiger partial charge is 0.416 e. The van der Waals surface area contributed by atoms with Gasteiger partial charge >= 0.3 is 12.1 Å². The zero-order valence-electron chi connectivity index (χ0n) is 16.6. The number of halogens is 3. The van der Waals surface area contributed by atoms with Crippen molar-refractivity contribution in [1.82, 2.24) is 0 Å². The van der Waals surface area contributed by atoms with Crippen LogP contribution in [0.1, 0.15) is 69.9 Å². The van der Waals surface area contributed by atoms with Crippen LogP contribution in [-0.2, 0) is 15.7 Å². The number of rotatable bonds is 8. The Hall–Kier alpha value is -2.04. The molecule has 1 aliphatic rings. The van der Waals surface area contributed by atoms with E-state index in [9.17, 15) is 18.0 Å². The van der Waals surface area contributed by atoms with Crippen molar-refractivity contribution in [2.45, 2.75) is 65.0 Å². The van der Waals surface area contributed by atoms with Crippen LogP contribution in [0.3, 0.4) is 0 Å². The number of hydrogen-bond donors (Lipinski definition) is 0. The van der Waals surface area contributed by atoms with Gasteiger partial charge in [0.15, 0.2) is 0 Å². The highest BCUT2D eigenvalue weighted by Gasteiger charge is 2.30.